The molecule has 1 unspecified atom stereocenters. The van der Waals surface area contributed by atoms with Gasteiger partial charge in [-0.3, -0.25) is 14.7 Å². The Morgan fingerprint density at radius 3 is 2.50 bits per heavy atom. The Balaban J connectivity index is 1.86. The molecule has 2 amide bonds. The molecular formula is C18H22FN5O2. The number of hydrogen-bond donors (Lipinski definition) is 1. The summed E-state index contributed by atoms with van der Waals surface area (Å²) in [5, 5.41) is 6.66. The Labute approximate surface area is 151 Å². The first-order chi connectivity index (χ1) is 12.4. The van der Waals surface area contributed by atoms with E-state index >= 15 is 0 Å². The quantitative estimate of drug-likeness (QED) is 0.896. The van der Waals surface area contributed by atoms with Gasteiger partial charge in [-0.05, 0) is 31.2 Å². The molecular weight excluding hydrogens is 337 g/mol. The highest BCUT2D eigenvalue weighted by atomic mass is 19.1. The van der Waals surface area contributed by atoms with Crippen LogP contribution in [0.3, 0.4) is 0 Å². The third-order valence-electron chi connectivity index (χ3n) is 4.62. The Morgan fingerprint density at radius 1 is 1.23 bits per heavy atom. The lowest BCUT2D eigenvalue weighted by Gasteiger charge is -2.42. The number of piperazine rings is 1. The predicted molar refractivity (Wildman–Crippen MR) is 95.5 cm³/mol. The Morgan fingerprint density at radius 2 is 1.92 bits per heavy atom. The molecule has 26 heavy (non-hydrogen) atoms. The summed E-state index contributed by atoms with van der Waals surface area (Å²) in [6.45, 7) is 3.08. The van der Waals surface area contributed by atoms with Crippen LogP contribution in [0.4, 0.5) is 10.1 Å². The molecule has 138 valence electrons. The zero-order valence-electron chi connectivity index (χ0n) is 15.1. The van der Waals surface area contributed by atoms with Gasteiger partial charge in [-0.1, -0.05) is 0 Å². The van der Waals surface area contributed by atoms with Crippen molar-refractivity contribution in [1.29, 1.82) is 0 Å². The Hall–Kier alpha value is -2.90. The van der Waals surface area contributed by atoms with E-state index in [9.17, 15) is 14.0 Å². The highest BCUT2D eigenvalue weighted by molar-refractivity contribution is 5.98. The molecule has 1 saturated heterocycles. The third-order valence-corrected chi connectivity index (χ3v) is 4.62. The van der Waals surface area contributed by atoms with Crippen molar-refractivity contribution >= 4 is 17.5 Å². The third kappa shape index (κ3) is 3.40. The number of nitrogens with one attached hydrogen (secondary N) is 1. The zero-order chi connectivity index (χ0) is 18.8. The molecule has 3 rings (SSSR count). The minimum atomic E-state index is -0.620. The summed E-state index contributed by atoms with van der Waals surface area (Å²) in [5.41, 5.74) is 1.97. The number of aromatic nitrogens is 2. The van der Waals surface area contributed by atoms with Crippen LogP contribution in [0.5, 0.6) is 0 Å². The number of benzene rings is 1. The Kier molecular flexibility index (Phi) is 4.92. The first-order valence-corrected chi connectivity index (χ1v) is 8.41. The number of halogens is 1. The number of amides is 2. The fraction of sp³-hybridized carbons (Fsp3) is 0.389. The van der Waals surface area contributed by atoms with Gasteiger partial charge in [0.05, 0.1) is 11.8 Å². The van der Waals surface area contributed by atoms with Crippen molar-refractivity contribution in [2.45, 2.75) is 13.0 Å². The fourth-order valence-electron chi connectivity index (χ4n) is 3.14. The van der Waals surface area contributed by atoms with Crippen LogP contribution in [0.2, 0.25) is 0 Å². The molecule has 1 atom stereocenters. The van der Waals surface area contributed by atoms with E-state index in [1.165, 1.54) is 23.2 Å². The molecule has 0 bridgehead atoms. The van der Waals surface area contributed by atoms with Gasteiger partial charge in [-0.2, -0.15) is 5.10 Å². The molecule has 7 nitrogen and oxygen atoms in total. The lowest BCUT2D eigenvalue weighted by Crippen LogP contribution is -2.60. The molecule has 1 fully saturated rings. The van der Waals surface area contributed by atoms with Crippen molar-refractivity contribution in [3.8, 4) is 0 Å². The van der Waals surface area contributed by atoms with Crippen LogP contribution in [0.1, 0.15) is 16.1 Å². The number of H-pyrrole nitrogens is 1. The molecule has 1 aromatic heterocycles. The first kappa shape index (κ1) is 17.9. The highest BCUT2D eigenvalue weighted by Crippen LogP contribution is 2.22. The maximum absolute atomic E-state index is 13.2. The lowest BCUT2D eigenvalue weighted by atomic mass is 10.1. The second-order valence-corrected chi connectivity index (χ2v) is 6.58. The monoisotopic (exact) mass is 359 g/mol. The average Bonchev–Trinajstić information content (AvgIpc) is 3.06. The number of rotatable bonds is 3. The van der Waals surface area contributed by atoms with Crippen LogP contribution in [0.15, 0.2) is 30.5 Å². The number of anilines is 1. The molecule has 1 aliphatic rings. The summed E-state index contributed by atoms with van der Waals surface area (Å²) in [5.74, 6) is -0.666. The van der Waals surface area contributed by atoms with Gasteiger partial charge in [0.15, 0.2) is 0 Å². The lowest BCUT2D eigenvalue weighted by molar-refractivity contribution is -0.133. The van der Waals surface area contributed by atoms with Gasteiger partial charge >= 0.3 is 0 Å². The van der Waals surface area contributed by atoms with Crippen molar-refractivity contribution < 1.29 is 14.0 Å². The SMILES string of the molecule is Cc1[nH]ncc1C(=O)N1CCN(c2ccc(F)cc2)CC1C(=O)N(C)C. The van der Waals surface area contributed by atoms with Crippen LogP contribution < -0.4 is 4.90 Å². The van der Waals surface area contributed by atoms with Crippen LogP contribution in [0.25, 0.3) is 0 Å². The molecule has 2 aromatic rings. The number of nitrogens with zero attached hydrogens (tertiary/aromatic N) is 4. The second-order valence-electron chi connectivity index (χ2n) is 6.58. The number of likely N-dealkylation sites (N-methyl/N-ethyl adjacent to an activating group) is 1. The summed E-state index contributed by atoms with van der Waals surface area (Å²) in [7, 11) is 3.34. The van der Waals surface area contributed by atoms with E-state index in [2.05, 4.69) is 10.2 Å². The maximum atomic E-state index is 13.2. The minimum Gasteiger partial charge on any atom is -0.367 e. The van der Waals surface area contributed by atoms with E-state index in [1.54, 1.807) is 38.1 Å². The van der Waals surface area contributed by atoms with E-state index in [4.69, 9.17) is 0 Å². The number of hydrogen-bond acceptors (Lipinski definition) is 4. The van der Waals surface area contributed by atoms with E-state index in [0.29, 0.717) is 30.9 Å². The van der Waals surface area contributed by atoms with Crippen molar-refractivity contribution in [3.05, 3.63) is 47.5 Å². The maximum Gasteiger partial charge on any atom is 0.258 e. The molecule has 1 N–H and O–H groups in total. The molecule has 1 aliphatic heterocycles. The van der Waals surface area contributed by atoms with Gasteiger partial charge in [-0.15, -0.1) is 0 Å². The van der Waals surface area contributed by atoms with Gasteiger partial charge in [0.1, 0.15) is 11.9 Å². The van der Waals surface area contributed by atoms with E-state index in [0.717, 1.165) is 5.69 Å². The van der Waals surface area contributed by atoms with Gasteiger partial charge in [0.25, 0.3) is 5.91 Å². The summed E-state index contributed by atoms with van der Waals surface area (Å²) >= 11 is 0. The van der Waals surface area contributed by atoms with E-state index in [1.807, 2.05) is 4.90 Å². The molecule has 0 radical (unpaired) electrons. The van der Waals surface area contributed by atoms with Crippen LogP contribution in [-0.4, -0.2) is 71.6 Å². The molecule has 1 aromatic carbocycles. The second kappa shape index (κ2) is 7.15. The number of aromatic amines is 1. The number of aryl methyl sites for hydroxylation is 1. The van der Waals surface area contributed by atoms with Gasteiger partial charge in [-0.25, -0.2) is 4.39 Å². The van der Waals surface area contributed by atoms with Gasteiger partial charge in [0.2, 0.25) is 5.91 Å². The summed E-state index contributed by atoms with van der Waals surface area (Å²) in [6.07, 6.45) is 1.49. The molecule has 0 saturated carbocycles. The minimum absolute atomic E-state index is 0.147. The smallest absolute Gasteiger partial charge is 0.258 e. The van der Waals surface area contributed by atoms with E-state index in [-0.39, 0.29) is 17.6 Å². The number of carbonyl (C=O) groups is 2. The van der Waals surface area contributed by atoms with Crippen LogP contribution in [0, 0.1) is 12.7 Å². The highest BCUT2D eigenvalue weighted by Gasteiger charge is 2.37. The van der Waals surface area contributed by atoms with Crippen molar-refractivity contribution in [3.63, 3.8) is 0 Å². The first-order valence-electron chi connectivity index (χ1n) is 8.41. The summed E-state index contributed by atoms with van der Waals surface area (Å²) in [4.78, 5) is 30.7. The normalized spacial score (nSPS) is 17.3. The van der Waals surface area contributed by atoms with Crippen LogP contribution >= 0.6 is 0 Å². The molecule has 8 heteroatoms. The largest absolute Gasteiger partial charge is 0.367 e. The zero-order valence-corrected chi connectivity index (χ0v) is 15.1. The Bertz CT molecular complexity index is 802. The molecule has 0 spiro atoms. The summed E-state index contributed by atoms with van der Waals surface area (Å²) < 4.78 is 13.2. The summed E-state index contributed by atoms with van der Waals surface area (Å²) in [6, 6.07) is 5.54. The van der Waals surface area contributed by atoms with Crippen LogP contribution in [-0.2, 0) is 4.79 Å². The molecule has 2 heterocycles. The fourth-order valence-corrected chi connectivity index (χ4v) is 3.14. The van der Waals surface area contributed by atoms with Gasteiger partial charge in [0, 0.05) is 45.1 Å². The van der Waals surface area contributed by atoms with Crippen molar-refractivity contribution in [2.75, 3.05) is 38.6 Å². The predicted octanol–water partition coefficient (Wildman–Crippen LogP) is 1.28. The van der Waals surface area contributed by atoms with Gasteiger partial charge < -0.3 is 14.7 Å². The van der Waals surface area contributed by atoms with Crippen molar-refractivity contribution in [2.24, 2.45) is 0 Å². The average molecular weight is 359 g/mol. The topological polar surface area (TPSA) is 72.5 Å². The van der Waals surface area contributed by atoms with Crippen molar-refractivity contribution in [1.82, 2.24) is 20.0 Å². The number of carbonyl (C=O) groups excluding carboxylic acids is 2. The molecule has 0 aliphatic carbocycles. The van der Waals surface area contributed by atoms with E-state index < -0.39 is 6.04 Å². The standard InChI is InChI=1S/C18H22FN5O2/c1-12-15(10-20-21-12)17(25)24-9-8-23(11-16(24)18(26)22(2)3)14-6-4-13(19)5-7-14/h4-7,10,16H,8-9,11H2,1-3H3,(H,20,21).